The molecule has 0 aliphatic rings. The largest absolute Gasteiger partial charge is 0.357 e. The molecule has 1 heterocycles. The third-order valence-electron chi connectivity index (χ3n) is 1.33. The fourth-order valence-electron chi connectivity index (χ4n) is 0.749. The lowest BCUT2D eigenvalue weighted by atomic mass is 10.6. The van der Waals surface area contributed by atoms with Crippen molar-refractivity contribution in [3.63, 3.8) is 0 Å². The number of anilines is 1. The molecule has 0 saturated carbocycles. The summed E-state index contributed by atoms with van der Waals surface area (Å²) in [5, 5.41) is 9.39. The molecule has 1 aromatic heterocycles. The Bertz CT molecular complexity index is 245. The molecule has 4 nitrogen and oxygen atoms in total. The van der Waals surface area contributed by atoms with E-state index in [1.165, 1.54) is 11.6 Å². The summed E-state index contributed by atoms with van der Waals surface area (Å²) in [6, 6.07) is 0. The van der Waals surface area contributed by atoms with E-state index in [0.717, 1.165) is 0 Å². The highest BCUT2D eigenvalue weighted by Crippen LogP contribution is 2.17. The van der Waals surface area contributed by atoms with Crippen LogP contribution in [-0.2, 0) is 7.05 Å². The molecule has 11 heavy (non-hydrogen) atoms. The normalized spacial score (nSPS) is 10.6. The highest BCUT2D eigenvalue weighted by Gasteiger charge is 2.16. The van der Waals surface area contributed by atoms with Crippen LogP contribution >= 0.6 is 0 Å². The van der Waals surface area contributed by atoms with E-state index in [9.17, 15) is 8.78 Å². The van der Waals surface area contributed by atoms with Crippen LogP contribution in [0.25, 0.3) is 0 Å². The number of nitrogens with zero attached hydrogens (tertiary/aromatic N) is 3. The van der Waals surface area contributed by atoms with Gasteiger partial charge in [0.25, 0.3) is 6.43 Å². The lowest BCUT2D eigenvalue weighted by Gasteiger charge is -2.00. The van der Waals surface area contributed by atoms with Crippen LogP contribution < -0.4 is 5.32 Å². The molecular formula is C5H8F2N4. The molecule has 0 aliphatic heterocycles. The van der Waals surface area contributed by atoms with E-state index in [0.29, 0.717) is 5.95 Å². The van der Waals surface area contributed by atoms with E-state index in [1.54, 1.807) is 7.05 Å². The minimum absolute atomic E-state index is 0.325. The van der Waals surface area contributed by atoms with E-state index in [4.69, 9.17) is 0 Å². The Morgan fingerprint density at radius 3 is 2.36 bits per heavy atom. The summed E-state index contributed by atoms with van der Waals surface area (Å²) < 4.78 is 25.3. The standard InChI is InChI=1S/C5H8F2N4/c1-8-5-10-9-4(3(6)7)11(5)2/h3H,1-2H3,(H,8,10). The zero-order chi connectivity index (χ0) is 8.43. The second kappa shape index (κ2) is 2.81. The van der Waals surface area contributed by atoms with Gasteiger partial charge in [-0.25, -0.2) is 8.78 Å². The van der Waals surface area contributed by atoms with Gasteiger partial charge in [-0.05, 0) is 0 Å². The van der Waals surface area contributed by atoms with Gasteiger partial charge in [0.05, 0.1) is 0 Å². The Kier molecular flexibility index (Phi) is 2.02. The second-order valence-corrected chi connectivity index (χ2v) is 1.99. The van der Waals surface area contributed by atoms with Crippen LogP contribution in [0, 0.1) is 0 Å². The summed E-state index contributed by atoms with van der Waals surface area (Å²) in [6.07, 6.45) is -2.57. The Balaban J connectivity index is 3.00. The van der Waals surface area contributed by atoms with Crippen LogP contribution in [0.3, 0.4) is 0 Å². The van der Waals surface area contributed by atoms with Crippen molar-refractivity contribution in [1.29, 1.82) is 0 Å². The topological polar surface area (TPSA) is 42.7 Å². The van der Waals surface area contributed by atoms with Gasteiger partial charge in [0.15, 0.2) is 0 Å². The number of halogens is 2. The second-order valence-electron chi connectivity index (χ2n) is 1.99. The van der Waals surface area contributed by atoms with Crippen molar-refractivity contribution in [2.45, 2.75) is 6.43 Å². The van der Waals surface area contributed by atoms with Gasteiger partial charge in [-0.2, -0.15) is 0 Å². The fraction of sp³-hybridized carbons (Fsp3) is 0.600. The van der Waals surface area contributed by atoms with Gasteiger partial charge >= 0.3 is 0 Å². The van der Waals surface area contributed by atoms with Gasteiger partial charge in [-0.15, -0.1) is 10.2 Å². The van der Waals surface area contributed by atoms with Crippen molar-refractivity contribution in [3.8, 4) is 0 Å². The maximum absolute atomic E-state index is 12.0. The predicted molar refractivity (Wildman–Crippen MR) is 35.5 cm³/mol. The smallest absolute Gasteiger partial charge is 0.297 e. The number of aromatic nitrogens is 3. The zero-order valence-electron chi connectivity index (χ0n) is 6.17. The quantitative estimate of drug-likeness (QED) is 0.699. The van der Waals surface area contributed by atoms with Crippen LogP contribution in [0.2, 0.25) is 0 Å². The summed E-state index contributed by atoms with van der Waals surface area (Å²) >= 11 is 0. The molecule has 0 aromatic carbocycles. The number of alkyl halides is 2. The van der Waals surface area contributed by atoms with Crippen LogP contribution in [0.15, 0.2) is 0 Å². The molecule has 0 spiro atoms. The van der Waals surface area contributed by atoms with Crippen molar-refractivity contribution in [2.24, 2.45) is 7.05 Å². The Labute approximate surface area is 62.2 Å². The van der Waals surface area contributed by atoms with Crippen molar-refractivity contribution in [1.82, 2.24) is 14.8 Å². The van der Waals surface area contributed by atoms with Gasteiger partial charge in [-0.1, -0.05) is 0 Å². The van der Waals surface area contributed by atoms with Crippen molar-refractivity contribution < 1.29 is 8.78 Å². The highest BCUT2D eigenvalue weighted by molar-refractivity contribution is 5.23. The van der Waals surface area contributed by atoms with Gasteiger partial charge in [0, 0.05) is 14.1 Å². The molecule has 62 valence electrons. The van der Waals surface area contributed by atoms with Gasteiger partial charge in [0.1, 0.15) is 0 Å². The summed E-state index contributed by atoms with van der Waals surface area (Å²) in [5.74, 6) is 0.00894. The monoisotopic (exact) mass is 162 g/mol. The highest BCUT2D eigenvalue weighted by atomic mass is 19.3. The van der Waals surface area contributed by atoms with Gasteiger partial charge in [0.2, 0.25) is 11.8 Å². The SMILES string of the molecule is CNc1nnc(C(F)F)n1C. The Hall–Kier alpha value is -1.20. The van der Waals surface area contributed by atoms with E-state index in [-0.39, 0.29) is 5.82 Å². The molecule has 0 bridgehead atoms. The molecule has 0 radical (unpaired) electrons. The first-order chi connectivity index (χ1) is 5.16. The predicted octanol–water partition coefficient (Wildman–Crippen LogP) is 0.794. The molecule has 1 aromatic rings. The summed E-state index contributed by atoms with van der Waals surface area (Å²) in [7, 11) is 3.08. The maximum atomic E-state index is 12.0. The Morgan fingerprint density at radius 1 is 1.45 bits per heavy atom. The average Bonchev–Trinajstić information content (AvgIpc) is 2.30. The average molecular weight is 162 g/mol. The van der Waals surface area contributed by atoms with Crippen LogP contribution in [-0.4, -0.2) is 21.8 Å². The van der Waals surface area contributed by atoms with Crippen molar-refractivity contribution >= 4 is 5.95 Å². The first-order valence-corrected chi connectivity index (χ1v) is 3.02. The summed E-state index contributed by atoms with van der Waals surface area (Å²) in [4.78, 5) is 0. The van der Waals surface area contributed by atoms with Crippen LogP contribution in [0.4, 0.5) is 14.7 Å². The molecule has 0 unspecified atom stereocenters. The van der Waals surface area contributed by atoms with E-state index >= 15 is 0 Å². The lowest BCUT2D eigenvalue weighted by molar-refractivity contribution is 0.136. The molecular weight excluding hydrogens is 154 g/mol. The molecule has 0 saturated heterocycles. The van der Waals surface area contributed by atoms with Crippen molar-refractivity contribution in [2.75, 3.05) is 12.4 Å². The van der Waals surface area contributed by atoms with E-state index in [1.807, 2.05) is 0 Å². The minimum Gasteiger partial charge on any atom is -0.357 e. The first kappa shape index (κ1) is 7.90. The molecule has 0 fully saturated rings. The molecule has 1 N–H and O–H groups in total. The number of nitrogens with one attached hydrogen (secondary N) is 1. The fourth-order valence-corrected chi connectivity index (χ4v) is 0.749. The lowest BCUT2D eigenvalue weighted by Crippen LogP contribution is -2.02. The number of rotatable bonds is 2. The third-order valence-corrected chi connectivity index (χ3v) is 1.33. The molecule has 0 amide bonds. The molecule has 0 aliphatic carbocycles. The maximum Gasteiger partial charge on any atom is 0.297 e. The minimum atomic E-state index is -2.57. The van der Waals surface area contributed by atoms with Crippen LogP contribution in [0.1, 0.15) is 12.2 Å². The summed E-state index contributed by atoms with van der Waals surface area (Å²) in [6.45, 7) is 0. The molecule has 0 atom stereocenters. The third kappa shape index (κ3) is 1.28. The first-order valence-electron chi connectivity index (χ1n) is 3.02. The van der Waals surface area contributed by atoms with E-state index < -0.39 is 6.43 Å². The van der Waals surface area contributed by atoms with Gasteiger partial charge in [-0.3, -0.25) is 4.57 Å². The summed E-state index contributed by atoms with van der Waals surface area (Å²) in [5.41, 5.74) is 0. The molecule has 1 rings (SSSR count). The molecule has 6 heteroatoms. The Morgan fingerprint density at radius 2 is 2.09 bits per heavy atom. The van der Waals surface area contributed by atoms with E-state index in [2.05, 4.69) is 15.5 Å². The number of hydrogen-bond donors (Lipinski definition) is 1. The van der Waals surface area contributed by atoms with Crippen LogP contribution in [0.5, 0.6) is 0 Å². The van der Waals surface area contributed by atoms with Crippen molar-refractivity contribution in [3.05, 3.63) is 5.82 Å². The number of hydrogen-bond acceptors (Lipinski definition) is 3. The zero-order valence-corrected chi connectivity index (χ0v) is 6.17. The van der Waals surface area contributed by atoms with Gasteiger partial charge < -0.3 is 5.32 Å².